The van der Waals surface area contributed by atoms with E-state index in [0.29, 0.717) is 11.6 Å². The predicted molar refractivity (Wildman–Crippen MR) is 54.9 cm³/mol. The highest BCUT2D eigenvalue weighted by Gasteiger charge is 2.00. The minimum atomic E-state index is 0.358. The number of hydrogen-bond acceptors (Lipinski definition) is 4. The fourth-order valence-electron chi connectivity index (χ4n) is 1.20. The summed E-state index contributed by atoms with van der Waals surface area (Å²) >= 11 is 0. The molecule has 0 radical (unpaired) electrons. The Labute approximate surface area is 87.0 Å². The largest absolute Gasteiger partial charge is 0.268 e. The lowest BCUT2D eigenvalue weighted by atomic mass is 10.3. The van der Waals surface area contributed by atoms with Crippen LogP contribution in [0.5, 0.6) is 0 Å². The normalized spacial score (nSPS) is 9.60. The molecule has 0 spiro atoms. The highest BCUT2D eigenvalue weighted by molar-refractivity contribution is 5.32. The van der Waals surface area contributed by atoms with Gasteiger partial charge < -0.3 is 0 Å². The molecule has 0 saturated heterocycles. The van der Waals surface area contributed by atoms with Crippen LogP contribution in [0.25, 0.3) is 0 Å². The number of nitriles is 1. The van der Waals surface area contributed by atoms with Crippen molar-refractivity contribution in [1.82, 2.24) is 14.6 Å². The summed E-state index contributed by atoms with van der Waals surface area (Å²) in [7, 11) is 0. The maximum Gasteiger partial charge on any atom is 0.243 e. The quantitative estimate of drug-likeness (QED) is 0.792. The Balaban J connectivity index is 2.29. The lowest BCUT2D eigenvalue weighted by molar-refractivity contribution is 0.916. The zero-order valence-electron chi connectivity index (χ0n) is 8.18. The molecule has 0 unspecified atom stereocenters. The van der Waals surface area contributed by atoms with Crippen LogP contribution in [-0.4, -0.2) is 14.6 Å². The molecular weight excluding hydrogens is 190 g/mol. The number of aromatic nitrogens is 3. The molecule has 0 amide bonds. The minimum Gasteiger partial charge on any atom is -0.268 e. The molecule has 0 aliphatic rings. The number of nitrogens with one attached hydrogen (secondary N) is 1. The molecule has 5 heteroatoms. The number of anilines is 1. The van der Waals surface area contributed by atoms with E-state index in [0.717, 1.165) is 5.69 Å². The van der Waals surface area contributed by atoms with Gasteiger partial charge in [-0.05, 0) is 25.1 Å². The van der Waals surface area contributed by atoms with Crippen molar-refractivity contribution in [2.75, 3.05) is 5.43 Å². The first-order valence-corrected chi connectivity index (χ1v) is 4.44. The fourth-order valence-corrected chi connectivity index (χ4v) is 1.20. The summed E-state index contributed by atoms with van der Waals surface area (Å²) in [6, 6.07) is 7.39. The molecule has 5 nitrogen and oxygen atoms in total. The first kappa shape index (κ1) is 9.21. The van der Waals surface area contributed by atoms with Crippen molar-refractivity contribution in [1.29, 1.82) is 5.26 Å². The zero-order chi connectivity index (χ0) is 10.7. The molecule has 0 fully saturated rings. The minimum absolute atomic E-state index is 0.358. The maximum atomic E-state index is 8.74. The Morgan fingerprint density at radius 2 is 2.07 bits per heavy atom. The first-order chi connectivity index (χ1) is 7.28. The molecule has 0 bridgehead atoms. The smallest absolute Gasteiger partial charge is 0.243 e. The van der Waals surface area contributed by atoms with Gasteiger partial charge in [0.2, 0.25) is 5.95 Å². The Morgan fingerprint density at radius 3 is 2.73 bits per heavy atom. The van der Waals surface area contributed by atoms with Crippen molar-refractivity contribution >= 4 is 5.95 Å². The summed E-state index contributed by atoms with van der Waals surface area (Å²) in [5.41, 5.74) is 4.06. The molecule has 0 aromatic carbocycles. The van der Waals surface area contributed by atoms with Crippen LogP contribution >= 0.6 is 0 Å². The number of rotatable bonds is 2. The Bertz CT molecular complexity index is 495. The van der Waals surface area contributed by atoms with Crippen LogP contribution in [0.4, 0.5) is 5.95 Å². The molecule has 2 heterocycles. The van der Waals surface area contributed by atoms with Gasteiger partial charge in [-0.2, -0.15) is 5.26 Å². The molecule has 2 aromatic heterocycles. The third kappa shape index (κ3) is 2.11. The average Bonchev–Trinajstić information content (AvgIpc) is 2.69. The molecule has 0 aliphatic heterocycles. The van der Waals surface area contributed by atoms with Gasteiger partial charge in [0, 0.05) is 18.1 Å². The van der Waals surface area contributed by atoms with E-state index in [9.17, 15) is 0 Å². The second kappa shape index (κ2) is 3.80. The summed E-state index contributed by atoms with van der Waals surface area (Å²) in [4.78, 5) is 8.19. The van der Waals surface area contributed by atoms with Crippen molar-refractivity contribution in [2.24, 2.45) is 0 Å². The molecule has 2 aromatic rings. The summed E-state index contributed by atoms with van der Waals surface area (Å²) in [6.45, 7) is 1.82. The summed E-state index contributed by atoms with van der Waals surface area (Å²) in [6.07, 6.45) is 3.66. The highest BCUT2D eigenvalue weighted by Crippen LogP contribution is 2.04. The second-order valence-electron chi connectivity index (χ2n) is 3.03. The molecule has 15 heavy (non-hydrogen) atoms. The van der Waals surface area contributed by atoms with Crippen molar-refractivity contribution in [2.45, 2.75) is 6.92 Å². The molecule has 0 aliphatic carbocycles. The van der Waals surface area contributed by atoms with Crippen molar-refractivity contribution < 1.29 is 0 Å². The lowest BCUT2D eigenvalue weighted by Crippen LogP contribution is -2.10. The lowest BCUT2D eigenvalue weighted by Gasteiger charge is -2.05. The van der Waals surface area contributed by atoms with E-state index in [-0.39, 0.29) is 0 Å². The zero-order valence-corrected chi connectivity index (χ0v) is 8.18. The fraction of sp³-hybridized carbons (Fsp3) is 0.100. The Hall–Kier alpha value is -2.35. The SMILES string of the molecule is Cc1cc(C#N)nc(Nn2cccc2)n1. The van der Waals surface area contributed by atoms with Gasteiger partial charge >= 0.3 is 0 Å². The van der Waals surface area contributed by atoms with Gasteiger partial charge in [-0.1, -0.05) is 0 Å². The van der Waals surface area contributed by atoms with Crippen LogP contribution in [0, 0.1) is 18.3 Å². The van der Waals surface area contributed by atoms with Crippen molar-refractivity contribution in [3.63, 3.8) is 0 Å². The van der Waals surface area contributed by atoms with Gasteiger partial charge in [0.25, 0.3) is 0 Å². The van der Waals surface area contributed by atoms with Crippen LogP contribution in [0.15, 0.2) is 30.6 Å². The molecule has 2 rings (SSSR count). The van der Waals surface area contributed by atoms with E-state index in [1.165, 1.54) is 0 Å². The third-order valence-corrected chi connectivity index (χ3v) is 1.80. The second-order valence-corrected chi connectivity index (χ2v) is 3.03. The standard InChI is InChI=1S/C10H9N5/c1-8-6-9(7-11)13-10(12-8)14-15-4-2-3-5-15/h2-6H,1H3,(H,12,13,14). The van der Waals surface area contributed by atoms with Gasteiger partial charge in [0.15, 0.2) is 0 Å². The van der Waals surface area contributed by atoms with Gasteiger partial charge in [0.1, 0.15) is 11.8 Å². The molecule has 1 N–H and O–H groups in total. The van der Waals surface area contributed by atoms with Crippen molar-refractivity contribution in [3.8, 4) is 6.07 Å². The molecule has 0 atom stereocenters. The monoisotopic (exact) mass is 199 g/mol. The van der Waals surface area contributed by atoms with Gasteiger partial charge in [-0.25, -0.2) is 9.97 Å². The highest BCUT2D eigenvalue weighted by atomic mass is 15.4. The molecule has 74 valence electrons. The summed E-state index contributed by atoms with van der Waals surface area (Å²) in [5, 5.41) is 8.74. The van der Waals surface area contributed by atoms with Crippen LogP contribution in [0.2, 0.25) is 0 Å². The van der Waals surface area contributed by atoms with Gasteiger partial charge in [0.05, 0.1) is 0 Å². The number of hydrogen-bond donors (Lipinski definition) is 1. The van der Waals surface area contributed by atoms with Gasteiger partial charge in [-0.15, -0.1) is 0 Å². The third-order valence-electron chi connectivity index (χ3n) is 1.80. The average molecular weight is 199 g/mol. The predicted octanol–water partition coefficient (Wildman–Crippen LogP) is 1.33. The van der Waals surface area contributed by atoms with E-state index in [4.69, 9.17) is 5.26 Å². The van der Waals surface area contributed by atoms with Crippen LogP contribution < -0.4 is 5.43 Å². The topological polar surface area (TPSA) is 66.5 Å². The van der Waals surface area contributed by atoms with Crippen molar-refractivity contribution in [3.05, 3.63) is 42.0 Å². The van der Waals surface area contributed by atoms with E-state index < -0.39 is 0 Å². The Kier molecular flexibility index (Phi) is 2.33. The van der Waals surface area contributed by atoms with Gasteiger partial charge in [-0.3, -0.25) is 10.1 Å². The summed E-state index contributed by atoms with van der Waals surface area (Å²) < 4.78 is 1.72. The molecule has 0 saturated carbocycles. The van der Waals surface area contributed by atoms with Crippen LogP contribution in [0.3, 0.4) is 0 Å². The van der Waals surface area contributed by atoms with E-state index in [2.05, 4.69) is 15.4 Å². The number of aryl methyl sites for hydroxylation is 1. The maximum absolute atomic E-state index is 8.74. The van der Waals surface area contributed by atoms with E-state index in [1.54, 1.807) is 10.7 Å². The molecular formula is C10H9N5. The van der Waals surface area contributed by atoms with Crippen LogP contribution in [0.1, 0.15) is 11.4 Å². The first-order valence-electron chi connectivity index (χ1n) is 4.44. The van der Waals surface area contributed by atoms with E-state index >= 15 is 0 Å². The van der Waals surface area contributed by atoms with Crippen LogP contribution in [-0.2, 0) is 0 Å². The van der Waals surface area contributed by atoms with E-state index in [1.807, 2.05) is 37.5 Å². The number of nitrogens with zero attached hydrogens (tertiary/aromatic N) is 4. The Morgan fingerprint density at radius 1 is 1.33 bits per heavy atom. The summed E-state index contributed by atoms with van der Waals surface area (Å²) in [5.74, 6) is 0.419.